The number of benzene rings is 2. The third kappa shape index (κ3) is 4.67. The Kier molecular flexibility index (Phi) is 6.41. The van der Waals surface area contributed by atoms with Crippen molar-refractivity contribution in [3.63, 3.8) is 0 Å². The Hall–Kier alpha value is -1.68. The number of alkyl halides is 1. The zero-order chi connectivity index (χ0) is 14.9. The van der Waals surface area contributed by atoms with Gasteiger partial charge in [-0.25, -0.2) is 0 Å². The van der Waals surface area contributed by atoms with Crippen molar-refractivity contribution in [1.82, 2.24) is 0 Å². The van der Waals surface area contributed by atoms with Crippen molar-refractivity contribution >= 4 is 15.9 Å². The smallest absolute Gasteiger partial charge is 0.161 e. The van der Waals surface area contributed by atoms with Gasteiger partial charge in [0.25, 0.3) is 0 Å². The highest BCUT2D eigenvalue weighted by atomic mass is 79.9. The van der Waals surface area contributed by atoms with Crippen LogP contribution < -0.4 is 14.2 Å². The lowest BCUT2D eigenvalue weighted by Crippen LogP contribution is -2.10. The molecule has 0 saturated carbocycles. The molecule has 0 heterocycles. The van der Waals surface area contributed by atoms with E-state index >= 15 is 0 Å². The van der Waals surface area contributed by atoms with Crippen LogP contribution in [0.4, 0.5) is 0 Å². The SMILES string of the molecule is CCOc1ccccc1OCCOc1ccccc1CBr. The summed E-state index contributed by atoms with van der Waals surface area (Å²) in [4.78, 5) is 0. The van der Waals surface area contributed by atoms with E-state index in [2.05, 4.69) is 15.9 Å². The summed E-state index contributed by atoms with van der Waals surface area (Å²) in [5, 5.41) is 0.775. The number of hydrogen-bond donors (Lipinski definition) is 0. The Balaban J connectivity index is 1.85. The number of halogens is 1. The Morgan fingerprint density at radius 1 is 0.762 bits per heavy atom. The van der Waals surface area contributed by atoms with Crippen LogP contribution in [-0.2, 0) is 5.33 Å². The van der Waals surface area contributed by atoms with Crippen LogP contribution in [-0.4, -0.2) is 19.8 Å². The molecule has 2 aromatic carbocycles. The molecule has 112 valence electrons. The van der Waals surface area contributed by atoms with Crippen LogP contribution in [0.5, 0.6) is 17.2 Å². The first-order chi connectivity index (χ1) is 10.3. The molecule has 0 amide bonds. The minimum Gasteiger partial charge on any atom is -0.490 e. The molecule has 0 fully saturated rings. The van der Waals surface area contributed by atoms with Crippen molar-refractivity contribution in [3.8, 4) is 17.2 Å². The summed E-state index contributed by atoms with van der Waals surface area (Å²) in [6.07, 6.45) is 0. The van der Waals surface area contributed by atoms with Crippen LogP contribution in [0, 0.1) is 0 Å². The minimum atomic E-state index is 0.473. The second kappa shape index (κ2) is 8.57. The molecular formula is C17H19BrO3. The van der Waals surface area contributed by atoms with E-state index in [0.717, 1.165) is 28.1 Å². The highest BCUT2D eigenvalue weighted by Gasteiger charge is 2.04. The van der Waals surface area contributed by atoms with Crippen molar-refractivity contribution < 1.29 is 14.2 Å². The molecule has 0 aromatic heterocycles. The van der Waals surface area contributed by atoms with Crippen molar-refractivity contribution in [2.75, 3.05) is 19.8 Å². The molecule has 0 spiro atoms. The lowest BCUT2D eigenvalue weighted by Gasteiger charge is -2.13. The molecule has 0 aliphatic carbocycles. The van der Waals surface area contributed by atoms with E-state index in [1.165, 1.54) is 0 Å². The molecule has 21 heavy (non-hydrogen) atoms. The molecule has 0 radical (unpaired) electrons. The fourth-order valence-corrected chi connectivity index (χ4v) is 2.37. The van der Waals surface area contributed by atoms with Crippen LogP contribution >= 0.6 is 15.9 Å². The molecule has 2 rings (SSSR count). The van der Waals surface area contributed by atoms with Gasteiger partial charge in [0.1, 0.15) is 19.0 Å². The Morgan fingerprint density at radius 2 is 1.29 bits per heavy atom. The first kappa shape index (κ1) is 15.7. The monoisotopic (exact) mass is 350 g/mol. The fraction of sp³-hybridized carbons (Fsp3) is 0.294. The molecule has 0 N–H and O–H groups in total. The normalized spacial score (nSPS) is 10.2. The molecule has 4 heteroatoms. The van der Waals surface area contributed by atoms with Crippen LogP contribution in [0.2, 0.25) is 0 Å². The molecule has 2 aromatic rings. The zero-order valence-electron chi connectivity index (χ0n) is 12.0. The van der Waals surface area contributed by atoms with Crippen molar-refractivity contribution in [2.45, 2.75) is 12.3 Å². The van der Waals surface area contributed by atoms with Gasteiger partial charge in [0.2, 0.25) is 0 Å². The molecule has 0 saturated heterocycles. The summed E-state index contributed by atoms with van der Waals surface area (Å²) in [6, 6.07) is 15.6. The molecule has 3 nitrogen and oxygen atoms in total. The average Bonchev–Trinajstić information content (AvgIpc) is 2.53. The highest BCUT2D eigenvalue weighted by molar-refractivity contribution is 9.08. The second-order valence-corrected chi connectivity index (χ2v) is 4.88. The van der Waals surface area contributed by atoms with Gasteiger partial charge in [0.15, 0.2) is 11.5 Å². The van der Waals surface area contributed by atoms with Crippen LogP contribution in [0.25, 0.3) is 0 Å². The maximum Gasteiger partial charge on any atom is 0.161 e. The van der Waals surface area contributed by atoms with Gasteiger partial charge in [-0.3, -0.25) is 0 Å². The van der Waals surface area contributed by atoms with Gasteiger partial charge in [-0.1, -0.05) is 46.3 Å². The van der Waals surface area contributed by atoms with Gasteiger partial charge in [0.05, 0.1) is 6.61 Å². The summed E-state index contributed by atoms with van der Waals surface area (Å²) in [7, 11) is 0. The molecule has 0 atom stereocenters. The minimum absolute atomic E-state index is 0.473. The third-order valence-corrected chi connectivity index (χ3v) is 3.47. The number of rotatable bonds is 8. The largest absolute Gasteiger partial charge is 0.490 e. The summed E-state index contributed by atoms with van der Waals surface area (Å²) < 4.78 is 17.0. The molecule has 0 bridgehead atoms. The lowest BCUT2D eigenvalue weighted by atomic mass is 10.2. The Labute approximate surface area is 134 Å². The third-order valence-electron chi connectivity index (χ3n) is 2.86. The van der Waals surface area contributed by atoms with Crippen molar-refractivity contribution in [1.29, 1.82) is 0 Å². The van der Waals surface area contributed by atoms with Gasteiger partial charge in [-0.05, 0) is 25.1 Å². The quantitative estimate of drug-likeness (QED) is 0.520. The Morgan fingerprint density at radius 3 is 1.90 bits per heavy atom. The van der Waals surface area contributed by atoms with Gasteiger partial charge in [0, 0.05) is 10.9 Å². The van der Waals surface area contributed by atoms with E-state index in [1.54, 1.807) is 0 Å². The van der Waals surface area contributed by atoms with Crippen LogP contribution in [0.15, 0.2) is 48.5 Å². The standard InChI is InChI=1S/C17H19BrO3/c1-2-19-16-9-5-6-10-17(16)21-12-11-20-15-8-4-3-7-14(15)13-18/h3-10H,2,11-13H2,1H3. The molecular weight excluding hydrogens is 332 g/mol. The highest BCUT2D eigenvalue weighted by Crippen LogP contribution is 2.26. The summed E-state index contributed by atoms with van der Waals surface area (Å²) in [5.74, 6) is 2.40. The summed E-state index contributed by atoms with van der Waals surface area (Å²) in [6.45, 7) is 3.54. The summed E-state index contributed by atoms with van der Waals surface area (Å²) >= 11 is 3.45. The van der Waals surface area contributed by atoms with Crippen LogP contribution in [0.1, 0.15) is 12.5 Å². The second-order valence-electron chi connectivity index (χ2n) is 4.32. The van der Waals surface area contributed by atoms with Crippen molar-refractivity contribution in [3.05, 3.63) is 54.1 Å². The van der Waals surface area contributed by atoms with Gasteiger partial charge < -0.3 is 14.2 Å². The molecule has 0 unspecified atom stereocenters. The van der Waals surface area contributed by atoms with Crippen LogP contribution in [0.3, 0.4) is 0 Å². The Bertz CT molecular complexity index is 557. The van der Waals surface area contributed by atoms with E-state index in [-0.39, 0.29) is 0 Å². The topological polar surface area (TPSA) is 27.7 Å². The van der Waals surface area contributed by atoms with Gasteiger partial charge in [-0.15, -0.1) is 0 Å². The predicted molar refractivity (Wildman–Crippen MR) is 87.7 cm³/mol. The molecule has 0 aliphatic rings. The maximum atomic E-state index is 5.75. The average molecular weight is 351 g/mol. The first-order valence-electron chi connectivity index (χ1n) is 6.96. The predicted octanol–water partition coefficient (Wildman–Crippen LogP) is 4.44. The van der Waals surface area contributed by atoms with E-state index in [9.17, 15) is 0 Å². The van der Waals surface area contributed by atoms with E-state index < -0.39 is 0 Å². The van der Waals surface area contributed by atoms with Gasteiger partial charge >= 0.3 is 0 Å². The lowest BCUT2D eigenvalue weighted by molar-refractivity contribution is 0.207. The summed E-state index contributed by atoms with van der Waals surface area (Å²) in [5.41, 5.74) is 1.13. The fourth-order valence-electron chi connectivity index (χ4n) is 1.90. The van der Waals surface area contributed by atoms with Gasteiger partial charge in [-0.2, -0.15) is 0 Å². The molecule has 0 aliphatic heterocycles. The van der Waals surface area contributed by atoms with Crippen molar-refractivity contribution in [2.24, 2.45) is 0 Å². The number of para-hydroxylation sites is 3. The number of hydrogen-bond acceptors (Lipinski definition) is 3. The van der Waals surface area contributed by atoms with E-state index in [4.69, 9.17) is 14.2 Å². The first-order valence-corrected chi connectivity index (χ1v) is 8.08. The van der Waals surface area contributed by atoms with E-state index in [0.29, 0.717) is 19.8 Å². The number of ether oxygens (including phenoxy) is 3. The van der Waals surface area contributed by atoms with E-state index in [1.807, 2.05) is 55.5 Å². The zero-order valence-corrected chi connectivity index (χ0v) is 13.6. The maximum absolute atomic E-state index is 5.75.